The number of ether oxygens (including phenoxy) is 1. The van der Waals surface area contributed by atoms with E-state index in [0.29, 0.717) is 17.3 Å². The van der Waals surface area contributed by atoms with E-state index in [2.05, 4.69) is 15.2 Å². The van der Waals surface area contributed by atoms with Crippen LogP contribution in [-0.2, 0) is 0 Å². The van der Waals surface area contributed by atoms with Gasteiger partial charge in [0.05, 0.1) is 12.8 Å². The molecule has 0 aliphatic carbocycles. The summed E-state index contributed by atoms with van der Waals surface area (Å²) in [4.78, 5) is 15.1. The maximum atomic E-state index is 11.1. The minimum atomic E-state index is -0.0580. The molecule has 0 fully saturated rings. The molecule has 5 nitrogen and oxygen atoms in total. The summed E-state index contributed by atoms with van der Waals surface area (Å²) in [5.41, 5.74) is 1.94. The van der Waals surface area contributed by atoms with Crippen molar-refractivity contribution in [3.8, 4) is 17.1 Å². The Morgan fingerprint density at radius 1 is 1.18 bits per heavy atom. The van der Waals surface area contributed by atoms with Crippen LogP contribution in [0.4, 0.5) is 0 Å². The third kappa shape index (κ3) is 2.44. The van der Waals surface area contributed by atoms with Crippen LogP contribution in [-0.4, -0.2) is 28.1 Å². The Balaban J connectivity index is 2.29. The molecule has 17 heavy (non-hydrogen) atoms. The molecule has 0 aliphatic rings. The van der Waals surface area contributed by atoms with Gasteiger partial charge in [-0.2, -0.15) is 0 Å². The van der Waals surface area contributed by atoms with Gasteiger partial charge in [0.25, 0.3) is 0 Å². The van der Waals surface area contributed by atoms with Gasteiger partial charge in [-0.25, -0.2) is 0 Å². The van der Waals surface area contributed by atoms with Gasteiger partial charge in [-0.1, -0.05) is 0 Å². The van der Waals surface area contributed by atoms with Gasteiger partial charge in [0.1, 0.15) is 5.69 Å². The van der Waals surface area contributed by atoms with Gasteiger partial charge in [0.15, 0.2) is 5.78 Å². The summed E-state index contributed by atoms with van der Waals surface area (Å²) in [5, 5.41) is 7.86. The molecule has 5 heteroatoms. The van der Waals surface area contributed by atoms with Crippen LogP contribution in [0.2, 0.25) is 0 Å². The van der Waals surface area contributed by atoms with Crippen molar-refractivity contribution in [1.29, 1.82) is 0 Å². The fraction of sp³-hybridized carbons (Fsp3) is 0.167. The van der Waals surface area contributed by atoms with E-state index in [1.54, 1.807) is 30.5 Å². The van der Waals surface area contributed by atoms with E-state index in [4.69, 9.17) is 4.74 Å². The minimum Gasteiger partial charge on any atom is -0.480 e. The Hall–Kier alpha value is -2.30. The number of hydrogen-bond donors (Lipinski definition) is 0. The third-order valence-corrected chi connectivity index (χ3v) is 2.27. The van der Waals surface area contributed by atoms with Crippen LogP contribution in [0.15, 0.2) is 30.5 Å². The fourth-order valence-electron chi connectivity index (χ4n) is 1.34. The van der Waals surface area contributed by atoms with Crippen molar-refractivity contribution >= 4 is 5.78 Å². The van der Waals surface area contributed by atoms with Crippen LogP contribution >= 0.6 is 0 Å². The maximum Gasteiger partial charge on any atom is 0.233 e. The summed E-state index contributed by atoms with van der Waals surface area (Å²) < 4.78 is 4.92. The number of carbonyl (C=O) groups is 1. The molecule has 0 atom stereocenters. The molecule has 2 heterocycles. The lowest BCUT2D eigenvalue weighted by Crippen LogP contribution is -1.97. The summed E-state index contributed by atoms with van der Waals surface area (Å²) in [7, 11) is 1.53. The molecule has 2 aromatic rings. The van der Waals surface area contributed by atoms with Crippen molar-refractivity contribution < 1.29 is 9.53 Å². The predicted molar refractivity (Wildman–Crippen MR) is 61.8 cm³/mol. The van der Waals surface area contributed by atoms with Crippen LogP contribution in [0.1, 0.15) is 17.4 Å². The maximum absolute atomic E-state index is 11.1. The first kappa shape index (κ1) is 11.2. The number of hydrogen-bond acceptors (Lipinski definition) is 5. The molecule has 0 N–H and O–H groups in total. The molecule has 0 saturated carbocycles. The van der Waals surface area contributed by atoms with Crippen molar-refractivity contribution in [1.82, 2.24) is 15.2 Å². The summed E-state index contributed by atoms with van der Waals surface area (Å²) >= 11 is 0. The van der Waals surface area contributed by atoms with E-state index < -0.39 is 0 Å². The third-order valence-electron chi connectivity index (χ3n) is 2.27. The second-order valence-electron chi connectivity index (χ2n) is 3.45. The van der Waals surface area contributed by atoms with Gasteiger partial charge in [0, 0.05) is 24.8 Å². The molecule has 0 aromatic carbocycles. The zero-order chi connectivity index (χ0) is 12.3. The van der Waals surface area contributed by atoms with E-state index in [1.807, 2.05) is 0 Å². The molecule has 2 rings (SSSR count). The first-order valence-corrected chi connectivity index (χ1v) is 5.06. The first-order valence-electron chi connectivity index (χ1n) is 5.06. The number of Topliss-reactive ketones (excluding diaryl/α,β-unsaturated/α-hetero) is 1. The fourth-order valence-corrected chi connectivity index (χ4v) is 1.34. The summed E-state index contributed by atoms with van der Waals surface area (Å²) in [5.74, 6) is 0.402. The van der Waals surface area contributed by atoms with Crippen molar-refractivity contribution in [2.24, 2.45) is 0 Å². The summed E-state index contributed by atoms with van der Waals surface area (Å²) in [6.45, 7) is 1.48. The highest BCUT2D eigenvalue weighted by Crippen LogP contribution is 2.16. The van der Waals surface area contributed by atoms with E-state index in [9.17, 15) is 4.79 Å². The highest BCUT2D eigenvalue weighted by molar-refractivity contribution is 5.92. The van der Waals surface area contributed by atoms with Crippen molar-refractivity contribution in [3.05, 3.63) is 36.2 Å². The highest BCUT2D eigenvalue weighted by atomic mass is 16.5. The van der Waals surface area contributed by atoms with E-state index in [-0.39, 0.29) is 5.78 Å². The lowest BCUT2D eigenvalue weighted by Gasteiger charge is -2.01. The molecule has 2 aromatic heterocycles. The van der Waals surface area contributed by atoms with Crippen molar-refractivity contribution in [2.45, 2.75) is 6.92 Å². The lowest BCUT2D eigenvalue weighted by atomic mass is 10.1. The topological polar surface area (TPSA) is 65.0 Å². The molecular weight excluding hydrogens is 218 g/mol. The average molecular weight is 229 g/mol. The normalized spacial score (nSPS) is 10.0. The van der Waals surface area contributed by atoms with Gasteiger partial charge in [-0.3, -0.25) is 9.78 Å². The molecule has 0 amide bonds. The molecular formula is C12H11N3O2. The minimum absolute atomic E-state index is 0.0580. The number of ketones is 1. The number of aromatic nitrogens is 3. The summed E-state index contributed by atoms with van der Waals surface area (Å²) in [6, 6.07) is 6.97. The highest BCUT2D eigenvalue weighted by Gasteiger charge is 2.04. The average Bonchev–Trinajstić information content (AvgIpc) is 2.39. The van der Waals surface area contributed by atoms with Gasteiger partial charge in [-0.15, -0.1) is 10.2 Å². The Morgan fingerprint density at radius 2 is 2.00 bits per heavy atom. The number of rotatable bonds is 3. The van der Waals surface area contributed by atoms with Crippen LogP contribution in [0, 0.1) is 0 Å². The van der Waals surface area contributed by atoms with Gasteiger partial charge in [-0.05, 0) is 18.2 Å². The molecule has 0 aliphatic heterocycles. The van der Waals surface area contributed by atoms with Gasteiger partial charge >= 0.3 is 0 Å². The van der Waals surface area contributed by atoms with Crippen LogP contribution < -0.4 is 4.74 Å². The Labute approximate surface area is 98.5 Å². The van der Waals surface area contributed by atoms with E-state index in [0.717, 1.165) is 5.56 Å². The monoisotopic (exact) mass is 229 g/mol. The Kier molecular flexibility index (Phi) is 3.09. The molecule has 86 valence electrons. The van der Waals surface area contributed by atoms with Crippen molar-refractivity contribution in [3.63, 3.8) is 0 Å². The largest absolute Gasteiger partial charge is 0.480 e. The molecule has 0 radical (unpaired) electrons. The number of carbonyl (C=O) groups excluding carboxylic acids is 1. The lowest BCUT2D eigenvalue weighted by molar-refractivity contribution is 0.101. The number of nitrogens with zero attached hydrogens (tertiary/aromatic N) is 3. The standard InChI is InChI=1S/C12H11N3O2/c1-8(16)10-4-3-9(7-13-10)11-5-6-12(17-2)15-14-11/h3-7H,1-2H3. The molecule has 0 bridgehead atoms. The zero-order valence-electron chi connectivity index (χ0n) is 9.54. The SMILES string of the molecule is COc1ccc(-c2ccc(C(C)=O)nc2)nn1. The number of pyridine rings is 1. The van der Waals surface area contributed by atoms with Crippen molar-refractivity contribution in [2.75, 3.05) is 7.11 Å². The summed E-state index contributed by atoms with van der Waals surface area (Å²) in [6.07, 6.45) is 1.60. The molecule has 0 spiro atoms. The van der Waals surface area contributed by atoms with Crippen LogP contribution in [0.25, 0.3) is 11.3 Å². The second kappa shape index (κ2) is 4.69. The predicted octanol–water partition coefficient (Wildman–Crippen LogP) is 1.75. The molecule has 0 unspecified atom stereocenters. The second-order valence-corrected chi connectivity index (χ2v) is 3.45. The Morgan fingerprint density at radius 3 is 2.47 bits per heavy atom. The zero-order valence-corrected chi connectivity index (χ0v) is 9.54. The quantitative estimate of drug-likeness (QED) is 0.750. The smallest absolute Gasteiger partial charge is 0.233 e. The first-order chi connectivity index (χ1) is 8.20. The number of methoxy groups -OCH3 is 1. The molecule has 0 saturated heterocycles. The van der Waals surface area contributed by atoms with E-state index >= 15 is 0 Å². The van der Waals surface area contributed by atoms with E-state index in [1.165, 1.54) is 14.0 Å². The van der Waals surface area contributed by atoms with Crippen LogP contribution in [0.3, 0.4) is 0 Å². The van der Waals surface area contributed by atoms with Gasteiger partial charge < -0.3 is 4.74 Å². The van der Waals surface area contributed by atoms with Gasteiger partial charge in [0.2, 0.25) is 5.88 Å². The Bertz CT molecular complexity index is 520. The van der Waals surface area contributed by atoms with Crippen LogP contribution in [0.5, 0.6) is 5.88 Å².